The number of carbonyl (C=O) groups excluding carboxylic acids is 1. The van der Waals surface area contributed by atoms with Crippen LogP contribution in [0.5, 0.6) is 0 Å². The normalized spacial score (nSPS) is 14.2. The zero-order valence-corrected chi connectivity index (χ0v) is 16.2. The first-order valence-corrected chi connectivity index (χ1v) is 8.91. The molecule has 2 aromatic carbocycles. The summed E-state index contributed by atoms with van der Waals surface area (Å²) in [5.74, 6) is -0.545. The summed E-state index contributed by atoms with van der Waals surface area (Å²) in [4.78, 5) is 22.8. The van der Waals surface area contributed by atoms with E-state index in [1.165, 1.54) is 6.92 Å². The molecular formula is C18H18BrClN2O4. The van der Waals surface area contributed by atoms with Crippen molar-refractivity contribution in [1.82, 2.24) is 10.6 Å². The lowest BCUT2D eigenvalue weighted by molar-refractivity contribution is -0.123. The Labute approximate surface area is 164 Å². The second-order valence-electron chi connectivity index (χ2n) is 5.76. The van der Waals surface area contributed by atoms with Crippen LogP contribution in [0, 0.1) is 0 Å². The second kappa shape index (κ2) is 8.53. The van der Waals surface area contributed by atoms with Crippen LogP contribution in [-0.2, 0) is 10.4 Å². The van der Waals surface area contributed by atoms with E-state index in [1.807, 2.05) is 0 Å². The molecule has 0 aliphatic rings. The highest BCUT2D eigenvalue weighted by molar-refractivity contribution is 9.10. The van der Waals surface area contributed by atoms with Crippen molar-refractivity contribution in [3.8, 4) is 0 Å². The maximum atomic E-state index is 12.1. The van der Waals surface area contributed by atoms with Crippen molar-refractivity contribution in [3.05, 3.63) is 69.2 Å². The molecule has 0 aliphatic heterocycles. The minimum atomic E-state index is -1.51. The Hall–Kier alpha value is -2.09. The first-order valence-electron chi connectivity index (χ1n) is 7.74. The van der Waals surface area contributed by atoms with Gasteiger partial charge in [0.05, 0.1) is 6.54 Å². The predicted octanol–water partition coefficient (Wildman–Crippen LogP) is 3.11. The van der Waals surface area contributed by atoms with Gasteiger partial charge in [-0.3, -0.25) is 4.79 Å². The molecule has 0 fully saturated rings. The molecule has 2 rings (SSSR count). The number of halogens is 2. The van der Waals surface area contributed by atoms with Crippen LogP contribution in [0.4, 0.5) is 4.79 Å². The molecule has 2 amide bonds. The third kappa shape index (κ3) is 4.97. The Balaban J connectivity index is 2.29. The van der Waals surface area contributed by atoms with E-state index in [1.54, 1.807) is 48.5 Å². The molecule has 0 bridgehead atoms. The van der Waals surface area contributed by atoms with Gasteiger partial charge in [0.1, 0.15) is 11.6 Å². The van der Waals surface area contributed by atoms with Gasteiger partial charge < -0.3 is 20.8 Å². The Bertz CT molecular complexity index is 735. The number of aliphatic hydroxyl groups is 1. The van der Waals surface area contributed by atoms with E-state index in [-0.39, 0.29) is 6.54 Å². The van der Waals surface area contributed by atoms with E-state index in [4.69, 9.17) is 16.7 Å². The standard InChI is InChI=1S/C18H18BrClN2O4/c1-11(22-17(24)25)16(23)21-10-18(26,12-2-6-14(19)7-3-12)13-4-8-15(20)9-5-13/h2-9,11,22,26H,10H2,1H3,(H,21,23)(H,24,25). The number of carbonyl (C=O) groups is 2. The summed E-state index contributed by atoms with van der Waals surface area (Å²) >= 11 is 9.27. The lowest BCUT2D eigenvalue weighted by Gasteiger charge is -2.30. The molecule has 0 aliphatic carbocycles. The van der Waals surface area contributed by atoms with E-state index in [0.717, 1.165) is 4.47 Å². The molecule has 26 heavy (non-hydrogen) atoms. The highest BCUT2D eigenvalue weighted by Gasteiger charge is 2.32. The number of rotatable bonds is 6. The van der Waals surface area contributed by atoms with Crippen LogP contribution in [0.2, 0.25) is 5.02 Å². The Morgan fingerprint density at radius 1 is 1.12 bits per heavy atom. The third-order valence-electron chi connectivity index (χ3n) is 3.90. The molecule has 2 aromatic rings. The van der Waals surface area contributed by atoms with E-state index in [0.29, 0.717) is 16.1 Å². The van der Waals surface area contributed by atoms with Gasteiger partial charge in [-0.15, -0.1) is 0 Å². The highest BCUT2D eigenvalue weighted by atomic mass is 79.9. The van der Waals surface area contributed by atoms with Crippen LogP contribution in [0.1, 0.15) is 18.1 Å². The van der Waals surface area contributed by atoms with Gasteiger partial charge in [-0.2, -0.15) is 0 Å². The number of benzene rings is 2. The second-order valence-corrected chi connectivity index (χ2v) is 7.12. The summed E-state index contributed by atoms with van der Waals surface area (Å²) in [7, 11) is 0. The maximum Gasteiger partial charge on any atom is 0.405 e. The fraction of sp³-hybridized carbons (Fsp3) is 0.222. The maximum absolute atomic E-state index is 12.1. The van der Waals surface area contributed by atoms with Crippen LogP contribution in [0.25, 0.3) is 0 Å². The van der Waals surface area contributed by atoms with Crippen molar-refractivity contribution in [3.63, 3.8) is 0 Å². The smallest absolute Gasteiger partial charge is 0.405 e. The van der Waals surface area contributed by atoms with E-state index < -0.39 is 23.6 Å². The average molecular weight is 442 g/mol. The number of hydrogen-bond acceptors (Lipinski definition) is 3. The largest absolute Gasteiger partial charge is 0.465 e. The van der Waals surface area contributed by atoms with Crippen LogP contribution >= 0.6 is 27.5 Å². The van der Waals surface area contributed by atoms with Crippen LogP contribution < -0.4 is 10.6 Å². The van der Waals surface area contributed by atoms with Crippen molar-refractivity contribution in [2.75, 3.05) is 6.54 Å². The molecule has 0 radical (unpaired) electrons. The predicted molar refractivity (Wildman–Crippen MR) is 102 cm³/mol. The van der Waals surface area contributed by atoms with Gasteiger partial charge in [-0.25, -0.2) is 4.79 Å². The van der Waals surface area contributed by atoms with Gasteiger partial charge >= 0.3 is 6.09 Å². The van der Waals surface area contributed by atoms with Crippen molar-refractivity contribution in [2.45, 2.75) is 18.6 Å². The molecule has 0 heterocycles. The summed E-state index contributed by atoms with van der Waals surface area (Å²) in [6.45, 7) is 1.28. The SMILES string of the molecule is CC(NC(=O)O)C(=O)NCC(O)(c1ccc(Cl)cc1)c1ccc(Br)cc1. The average Bonchev–Trinajstić information content (AvgIpc) is 2.60. The minimum absolute atomic E-state index is 0.138. The third-order valence-corrected chi connectivity index (χ3v) is 4.68. The van der Waals surface area contributed by atoms with E-state index in [9.17, 15) is 14.7 Å². The molecule has 0 saturated heterocycles. The molecule has 2 atom stereocenters. The Morgan fingerprint density at radius 2 is 1.62 bits per heavy atom. The van der Waals surface area contributed by atoms with E-state index >= 15 is 0 Å². The lowest BCUT2D eigenvalue weighted by atomic mass is 9.86. The molecule has 8 heteroatoms. The summed E-state index contributed by atoms with van der Waals surface area (Å²) in [5.41, 5.74) is -0.394. The van der Waals surface area contributed by atoms with Gasteiger partial charge in [0.15, 0.2) is 0 Å². The molecule has 4 N–H and O–H groups in total. The Kier molecular flexibility index (Phi) is 6.63. The molecule has 0 aromatic heterocycles. The number of nitrogens with one attached hydrogen (secondary N) is 2. The van der Waals surface area contributed by atoms with Crippen LogP contribution in [-0.4, -0.2) is 34.8 Å². The summed E-state index contributed by atoms with van der Waals surface area (Å²) in [6, 6.07) is 12.7. The molecular weight excluding hydrogens is 424 g/mol. The lowest BCUT2D eigenvalue weighted by Crippen LogP contribution is -2.49. The minimum Gasteiger partial charge on any atom is -0.465 e. The monoisotopic (exact) mass is 440 g/mol. The fourth-order valence-corrected chi connectivity index (χ4v) is 2.83. The molecule has 0 spiro atoms. The number of amides is 2. The molecule has 138 valence electrons. The quantitative estimate of drug-likeness (QED) is 0.553. The van der Waals surface area contributed by atoms with Gasteiger partial charge in [-0.1, -0.05) is 51.8 Å². The summed E-state index contributed by atoms with van der Waals surface area (Å²) in [6.07, 6.45) is -1.30. The number of hydrogen-bond donors (Lipinski definition) is 4. The van der Waals surface area contributed by atoms with Gasteiger partial charge in [0.2, 0.25) is 5.91 Å². The van der Waals surface area contributed by atoms with Crippen molar-refractivity contribution < 1.29 is 19.8 Å². The van der Waals surface area contributed by atoms with Crippen molar-refractivity contribution in [1.29, 1.82) is 0 Å². The van der Waals surface area contributed by atoms with E-state index in [2.05, 4.69) is 26.6 Å². The van der Waals surface area contributed by atoms with Gasteiger partial charge in [0, 0.05) is 9.50 Å². The summed E-state index contributed by atoms with van der Waals surface area (Å²) in [5, 5.41) is 25.2. The van der Waals surface area contributed by atoms with Crippen LogP contribution in [0.15, 0.2) is 53.0 Å². The highest BCUT2D eigenvalue weighted by Crippen LogP contribution is 2.31. The fourth-order valence-electron chi connectivity index (χ4n) is 2.44. The molecule has 2 unspecified atom stereocenters. The zero-order valence-electron chi connectivity index (χ0n) is 13.9. The number of carboxylic acid groups (broad SMARTS) is 1. The zero-order chi connectivity index (χ0) is 19.3. The van der Waals surface area contributed by atoms with Crippen LogP contribution in [0.3, 0.4) is 0 Å². The topological polar surface area (TPSA) is 98.7 Å². The van der Waals surface area contributed by atoms with Gasteiger partial charge in [0.25, 0.3) is 0 Å². The molecule has 6 nitrogen and oxygen atoms in total. The first kappa shape index (κ1) is 20.2. The molecule has 0 saturated carbocycles. The van der Waals surface area contributed by atoms with Gasteiger partial charge in [-0.05, 0) is 42.3 Å². The summed E-state index contributed by atoms with van der Waals surface area (Å²) < 4.78 is 0.850. The Morgan fingerprint density at radius 3 is 2.12 bits per heavy atom. The first-order chi connectivity index (χ1) is 12.2. The van der Waals surface area contributed by atoms with Crippen molar-refractivity contribution >= 4 is 39.5 Å². The van der Waals surface area contributed by atoms with Crippen molar-refractivity contribution in [2.24, 2.45) is 0 Å².